The summed E-state index contributed by atoms with van der Waals surface area (Å²) >= 11 is 8.36. The molecule has 100 valence electrons. The van der Waals surface area contributed by atoms with Gasteiger partial charge in [-0.15, -0.1) is 0 Å². The average molecular weight is 351 g/mol. The molecule has 1 rings (SSSR count). The molecule has 0 saturated heterocycles. The summed E-state index contributed by atoms with van der Waals surface area (Å²) in [6.45, 7) is 1.80. The van der Waals surface area contributed by atoms with Gasteiger partial charge in [0, 0.05) is 28.0 Å². The number of halogens is 1. The van der Waals surface area contributed by atoms with Crippen molar-refractivity contribution >= 4 is 48.7 Å². The summed E-state index contributed by atoms with van der Waals surface area (Å²) in [7, 11) is -3.02. The van der Waals surface area contributed by atoms with Crippen LogP contribution in [0.15, 0.2) is 22.7 Å². The maximum absolute atomic E-state index is 11.2. The second-order valence-electron chi connectivity index (χ2n) is 4.16. The zero-order chi connectivity index (χ0) is 13.9. The van der Waals surface area contributed by atoms with Gasteiger partial charge in [-0.25, -0.2) is 8.42 Å². The highest BCUT2D eigenvalue weighted by Gasteiger charge is 2.14. The van der Waals surface area contributed by atoms with E-state index in [9.17, 15) is 8.42 Å². The number of benzene rings is 1. The van der Waals surface area contributed by atoms with Gasteiger partial charge in [-0.2, -0.15) is 0 Å². The SMILES string of the molecule is CC(CS(C)(=O)=O)Nc1cccc(Br)c1C(N)=S. The quantitative estimate of drug-likeness (QED) is 0.793. The van der Waals surface area contributed by atoms with Crippen molar-refractivity contribution in [2.24, 2.45) is 5.73 Å². The summed E-state index contributed by atoms with van der Waals surface area (Å²) in [6.07, 6.45) is 1.21. The molecule has 18 heavy (non-hydrogen) atoms. The molecule has 0 saturated carbocycles. The molecular weight excluding hydrogens is 336 g/mol. The molecule has 1 aromatic carbocycles. The second-order valence-corrected chi connectivity index (χ2v) is 7.64. The molecule has 0 heterocycles. The van der Waals surface area contributed by atoms with E-state index in [1.54, 1.807) is 6.92 Å². The molecule has 1 aromatic rings. The molecule has 1 unspecified atom stereocenters. The Bertz CT molecular complexity index is 558. The van der Waals surface area contributed by atoms with Crippen LogP contribution in [0.4, 0.5) is 5.69 Å². The van der Waals surface area contributed by atoms with E-state index < -0.39 is 9.84 Å². The summed E-state index contributed by atoms with van der Waals surface area (Å²) in [5.41, 5.74) is 7.08. The van der Waals surface area contributed by atoms with Crippen LogP contribution in [0, 0.1) is 0 Å². The van der Waals surface area contributed by atoms with Gasteiger partial charge in [-0.1, -0.05) is 18.3 Å². The Balaban J connectivity index is 2.98. The molecule has 1 atom stereocenters. The fourth-order valence-electron chi connectivity index (χ4n) is 1.66. The van der Waals surface area contributed by atoms with Crippen LogP contribution in [0.5, 0.6) is 0 Å². The maximum atomic E-state index is 11.2. The lowest BCUT2D eigenvalue weighted by molar-refractivity contribution is 0.598. The topological polar surface area (TPSA) is 72.2 Å². The predicted octanol–water partition coefficient (Wildman–Crippen LogP) is 1.93. The highest BCUT2D eigenvalue weighted by molar-refractivity contribution is 9.10. The first-order valence-electron chi connectivity index (χ1n) is 5.23. The van der Waals surface area contributed by atoms with Crippen LogP contribution < -0.4 is 11.1 Å². The summed E-state index contributed by atoms with van der Waals surface area (Å²) in [5.74, 6) is 0.0519. The van der Waals surface area contributed by atoms with Crippen LogP contribution in [-0.4, -0.2) is 31.5 Å². The standard InChI is InChI=1S/C11H15BrN2O2S2/c1-7(6-18(2,15)16)14-9-5-3-4-8(12)10(9)11(13)17/h3-5,7,14H,6H2,1-2H3,(H2,13,17). The van der Waals surface area contributed by atoms with Crippen LogP contribution in [-0.2, 0) is 9.84 Å². The Kier molecular flexibility index (Phi) is 5.12. The summed E-state index contributed by atoms with van der Waals surface area (Å²) in [5, 5.41) is 3.11. The molecule has 0 fully saturated rings. The van der Waals surface area contributed by atoms with Gasteiger partial charge >= 0.3 is 0 Å². The molecule has 0 radical (unpaired) electrons. The zero-order valence-electron chi connectivity index (χ0n) is 10.1. The number of rotatable bonds is 5. The minimum atomic E-state index is -3.02. The minimum Gasteiger partial charge on any atom is -0.389 e. The van der Waals surface area contributed by atoms with Crippen molar-refractivity contribution in [1.29, 1.82) is 0 Å². The smallest absolute Gasteiger partial charge is 0.149 e. The van der Waals surface area contributed by atoms with Gasteiger partial charge in [0.1, 0.15) is 14.8 Å². The molecule has 3 N–H and O–H groups in total. The monoisotopic (exact) mass is 350 g/mol. The molecule has 0 aromatic heterocycles. The Morgan fingerprint density at radius 1 is 1.56 bits per heavy atom. The lowest BCUT2D eigenvalue weighted by Crippen LogP contribution is -2.26. The molecule has 4 nitrogen and oxygen atoms in total. The first-order chi connectivity index (χ1) is 8.20. The third-order valence-corrected chi connectivity index (χ3v) is 4.19. The van der Waals surface area contributed by atoms with Gasteiger partial charge in [-0.3, -0.25) is 0 Å². The number of thiocarbonyl (C=S) groups is 1. The minimum absolute atomic E-state index is 0.0519. The first-order valence-corrected chi connectivity index (χ1v) is 8.49. The molecule has 0 spiro atoms. The fraction of sp³-hybridized carbons (Fsp3) is 0.364. The zero-order valence-corrected chi connectivity index (χ0v) is 13.3. The summed E-state index contributed by atoms with van der Waals surface area (Å²) in [6, 6.07) is 5.27. The van der Waals surface area contributed by atoms with Crippen LogP contribution in [0.1, 0.15) is 12.5 Å². The van der Waals surface area contributed by atoms with Crippen molar-refractivity contribution < 1.29 is 8.42 Å². The van der Waals surface area contributed by atoms with E-state index in [0.717, 1.165) is 10.2 Å². The van der Waals surface area contributed by atoms with E-state index in [-0.39, 0.29) is 16.8 Å². The van der Waals surface area contributed by atoms with E-state index >= 15 is 0 Å². The third-order valence-electron chi connectivity index (χ3n) is 2.21. The van der Waals surface area contributed by atoms with Gasteiger partial charge < -0.3 is 11.1 Å². The summed E-state index contributed by atoms with van der Waals surface area (Å²) in [4.78, 5) is 0.261. The highest BCUT2D eigenvalue weighted by Crippen LogP contribution is 2.25. The maximum Gasteiger partial charge on any atom is 0.149 e. The largest absolute Gasteiger partial charge is 0.389 e. The number of hydrogen-bond acceptors (Lipinski definition) is 4. The first kappa shape index (κ1) is 15.4. The van der Waals surface area contributed by atoms with Gasteiger partial charge in [-0.05, 0) is 35.0 Å². The van der Waals surface area contributed by atoms with E-state index in [1.165, 1.54) is 6.26 Å². The number of anilines is 1. The molecule has 0 aliphatic rings. The Labute approximate surface area is 121 Å². The third kappa shape index (κ3) is 4.55. The van der Waals surface area contributed by atoms with Crippen molar-refractivity contribution in [2.45, 2.75) is 13.0 Å². The van der Waals surface area contributed by atoms with Crippen LogP contribution in [0.3, 0.4) is 0 Å². The number of nitrogens with two attached hydrogens (primary N) is 1. The lowest BCUT2D eigenvalue weighted by atomic mass is 10.1. The number of hydrogen-bond donors (Lipinski definition) is 2. The van der Waals surface area contributed by atoms with Crippen molar-refractivity contribution in [3.63, 3.8) is 0 Å². The highest BCUT2D eigenvalue weighted by atomic mass is 79.9. The van der Waals surface area contributed by atoms with E-state index in [4.69, 9.17) is 18.0 Å². The Morgan fingerprint density at radius 3 is 2.67 bits per heavy atom. The van der Waals surface area contributed by atoms with E-state index in [0.29, 0.717) is 5.56 Å². The summed E-state index contributed by atoms with van der Waals surface area (Å²) < 4.78 is 23.2. The molecule has 7 heteroatoms. The molecule has 0 aliphatic heterocycles. The molecular formula is C11H15BrN2O2S2. The normalized spacial score (nSPS) is 13.1. The number of nitrogens with one attached hydrogen (secondary N) is 1. The van der Waals surface area contributed by atoms with E-state index in [1.807, 2.05) is 18.2 Å². The van der Waals surface area contributed by atoms with Crippen LogP contribution >= 0.6 is 28.1 Å². The molecule has 0 aliphatic carbocycles. The average Bonchev–Trinajstić information content (AvgIpc) is 2.13. The van der Waals surface area contributed by atoms with Gasteiger partial charge in [0.15, 0.2) is 0 Å². The van der Waals surface area contributed by atoms with E-state index in [2.05, 4.69) is 21.2 Å². The predicted molar refractivity (Wildman–Crippen MR) is 82.8 cm³/mol. The Hall–Kier alpha value is -0.660. The van der Waals surface area contributed by atoms with Crippen molar-refractivity contribution in [3.8, 4) is 0 Å². The van der Waals surface area contributed by atoms with Crippen LogP contribution in [0.2, 0.25) is 0 Å². The van der Waals surface area contributed by atoms with Gasteiger partial charge in [0.25, 0.3) is 0 Å². The number of sulfone groups is 1. The molecule has 0 bridgehead atoms. The fourth-order valence-corrected chi connectivity index (χ4v) is 3.58. The van der Waals surface area contributed by atoms with Crippen molar-refractivity contribution in [1.82, 2.24) is 0 Å². The van der Waals surface area contributed by atoms with Crippen LogP contribution in [0.25, 0.3) is 0 Å². The van der Waals surface area contributed by atoms with Gasteiger partial charge in [0.05, 0.1) is 5.75 Å². The van der Waals surface area contributed by atoms with Crippen molar-refractivity contribution in [2.75, 3.05) is 17.3 Å². The van der Waals surface area contributed by atoms with Crippen molar-refractivity contribution in [3.05, 3.63) is 28.2 Å². The molecule has 0 amide bonds. The Morgan fingerprint density at radius 2 is 2.17 bits per heavy atom. The second kappa shape index (κ2) is 5.99. The van der Waals surface area contributed by atoms with Gasteiger partial charge in [0.2, 0.25) is 0 Å². The lowest BCUT2D eigenvalue weighted by Gasteiger charge is -2.17.